The fourth-order valence-corrected chi connectivity index (χ4v) is 12.4. The smallest absolute Gasteiger partial charge is 0.183 e. The number of carbonyl (C=O) groups is 1. The Balaban J connectivity index is 0.000000795. The van der Waals surface area contributed by atoms with Crippen LogP contribution in [0.1, 0.15) is 141 Å². The van der Waals surface area contributed by atoms with Crippen molar-refractivity contribution in [2.24, 2.45) is 5.92 Å². The molecule has 4 aliphatic rings. The van der Waals surface area contributed by atoms with Crippen LogP contribution in [0.2, 0.25) is 0 Å². The van der Waals surface area contributed by atoms with Gasteiger partial charge in [0, 0.05) is 36.6 Å². The lowest BCUT2D eigenvalue weighted by Gasteiger charge is -2.36. The van der Waals surface area contributed by atoms with E-state index in [9.17, 15) is 16.8 Å². The Morgan fingerprint density at radius 2 is 0.984 bits per heavy atom. The Labute approximate surface area is 395 Å². The number of sulfone groups is 2. The third kappa shape index (κ3) is 22.7. The second-order valence-corrected chi connectivity index (χ2v) is 22.0. The third-order valence-corrected chi connectivity index (χ3v) is 16.7. The van der Waals surface area contributed by atoms with Crippen LogP contribution in [0, 0.1) is 5.92 Å². The fourth-order valence-electron chi connectivity index (χ4n) is 7.39. The van der Waals surface area contributed by atoms with E-state index in [2.05, 4.69) is 51.1 Å². The van der Waals surface area contributed by atoms with Crippen molar-refractivity contribution in [3.8, 4) is 0 Å². The Hall–Kier alpha value is -2.58. The van der Waals surface area contributed by atoms with Crippen molar-refractivity contribution in [3.63, 3.8) is 0 Å². The monoisotopic (exact) mass is 951 g/mol. The number of ether oxygens (including phenoxy) is 4. The molecule has 0 aromatic heterocycles. The van der Waals surface area contributed by atoms with Crippen molar-refractivity contribution in [2.45, 2.75) is 196 Å². The molecule has 366 valence electrons. The van der Waals surface area contributed by atoms with E-state index in [1.807, 2.05) is 86.2 Å². The summed E-state index contributed by atoms with van der Waals surface area (Å²) < 4.78 is 70.7. The van der Waals surface area contributed by atoms with E-state index in [0.717, 1.165) is 30.7 Å². The van der Waals surface area contributed by atoms with Gasteiger partial charge >= 0.3 is 0 Å². The van der Waals surface area contributed by atoms with Crippen LogP contribution in [0.5, 0.6) is 0 Å². The summed E-state index contributed by atoms with van der Waals surface area (Å²) in [6, 6.07) is 28.0. The average molecular weight is 951 g/mol. The van der Waals surface area contributed by atoms with Gasteiger partial charge in [0.05, 0.1) is 44.2 Å². The van der Waals surface area contributed by atoms with Crippen LogP contribution >= 0.6 is 11.8 Å². The summed E-state index contributed by atoms with van der Waals surface area (Å²) in [7, 11) is -6.45. The first-order valence-corrected chi connectivity index (χ1v) is 27.7. The molecule has 0 amide bonds. The van der Waals surface area contributed by atoms with Crippen LogP contribution in [0.25, 0.3) is 0 Å². The zero-order valence-electron chi connectivity index (χ0n) is 41.7. The van der Waals surface area contributed by atoms with E-state index in [1.54, 1.807) is 48.5 Å². The molecule has 3 aromatic rings. The van der Waals surface area contributed by atoms with Crippen molar-refractivity contribution in [2.75, 3.05) is 26.4 Å². The number of thioether (sulfide) groups is 1. The van der Waals surface area contributed by atoms with Gasteiger partial charge in [-0.3, -0.25) is 0 Å². The van der Waals surface area contributed by atoms with Gasteiger partial charge in [0.2, 0.25) is 0 Å². The molecule has 0 bridgehead atoms. The predicted molar refractivity (Wildman–Crippen MR) is 269 cm³/mol. The van der Waals surface area contributed by atoms with Crippen LogP contribution in [0.4, 0.5) is 0 Å². The van der Waals surface area contributed by atoms with E-state index in [4.69, 9.17) is 23.7 Å². The van der Waals surface area contributed by atoms with Crippen molar-refractivity contribution in [3.05, 3.63) is 91.0 Å². The van der Waals surface area contributed by atoms with E-state index in [1.165, 1.54) is 37.5 Å². The predicted octanol–water partition coefficient (Wildman–Crippen LogP) is 12.9. The second-order valence-electron chi connectivity index (χ2n) is 15.9. The number of hydrogen-bond donors (Lipinski definition) is 0. The molecule has 4 heterocycles. The summed E-state index contributed by atoms with van der Waals surface area (Å²) >= 11 is 1.99. The summed E-state index contributed by atoms with van der Waals surface area (Å²) in [6.45, 7) is 28.7. The summed E-state index contributed by atoms with van der Waals surface area (Å²) in [6.07, 6.45) is 8.93. The number of carbonyl (C=O) groups excluding carboxylic acids is 1. The third-order valence-electron chi connectivity index (χ3n) is 10.6. The van der Waals surface area contributed by atoms with Gasteiger partial charge in [0.15, 0.2) is 19.7 Å². The minimum atomic E-state index is -3.27. The molecule has 4 saturated heterocycles. The van der Waals surface area contributed by atoms with Crippen LogP contribution in [-0.4, -0.2) is 89.2 Å². The molecular formula is C52H86O9S3. The fraction of sp³-hybridized carbons (Fsp3) is 0.635. The van der Waals surface area contributed by atoms with Gasteiger partial charge in [0.1, 0.15) is 6.29 Å². The van der Waals surface area contributed by atoms with Crippen LogP contribution < -0.4 is 0 Å². The van der Waals surface area contributed by atoms with Gasteiger partial charge < -0.3 is 23.7 Å². The summed E-state index contributed by atoms with van der Waals surface area (Å²) in [5, 5.41) is 0.444. The van der Waals surface area contributed by atoms with Gasteiger partial charge in [-0.1, -0.05) is 103 Å². The molecule has 4 fully saturated rings. The molecule has 0 saturated carbocycles. The summed E-state index contributed by atoms with van der Waals surface area (Å²) in [5.41, 5.74) is 0. The normalized spacial score (nSPS) is 26.1. The van der Waals surface area contributed by atoms with Crippen molar-refractivity contribution in [1.82, 2.24) is 0 Å². The molecule has 4 aliphatic heterocycles. The standard InChI is InChI=1S/C13H18O3S.C12H16O3S.C12H16OS.C7H14O.C2H4O.3C2H6/c1-11-10-13(2,8-9-16-11)17(14,15)12-6-4-3-5-7-12;1-10-9-12(7-8-15-10)16(13,14)11-5-3-2-4-6-11;1-10-9-12(7-8-13-10)14-11-5-3-2-4-6-11;1-6-3-4-8-7(2)5-6;1-2-3;3*1-2/h3-7,11H,8-10H2,1-2H3;2-6,10,12H,7-9H2,1H3;2-6,10,12H,7-9H2,1H3;6-7H,3-5H2,1-2H3;2H,1H3;3*1-2H3. The summed E-state index contributed by atoms with van der Waals surface area (Å²) in [4.78, 5) is 11.0. The zero-order valence-corrected chi connectivity index (χ0v) is 44.1. The van der Waals surface area contributed by atoms with E-state index in [-0.39, 0.29) is 17.5 Å². The first-order chi connectivity index (χ1) is 30.6. The van der Waals surface area contributed by atoms with Gasteiger partial charge in [-0.05, 0) is 135 Å². The molecule has 0 aliphatic carbocycles. The highest BCUT2D eigenvalue weighted by Gasteiger charge is 2.43. The maximum absolute atomic E-state index is 12.6. The largest absolute Gasteiger partial charge is 0.378 e. The number of hydrogen-bond acceptors (Lipinski definition) is 10. The molecule has 3 aromatic carbocycles. The average Bonchev–Trinajstić information content (AvgIpc) is 3.30. The minimum absolute atomic E-state index is 0.00670. The maximum Gasteiger partial charge on any atom is 0.183 e. The lowest BCUT2D eigenvalue weighted by molar-refractivity contribution is -0.106. The molecule has 9 nitrogen and oxygen atoms in total. The van der Waals surface area contributed by atoms with Gasteiger partial charge in [-0.2, -0.15) is 0 Å². The highest BCUT2D eigenvalue weighted by Crippen LogP contribution is 2.36. The van der Waals surface area contributed by atoms with Gasteiger partial charge in [0.25, 0.3) is 0 Å². The van der Waals surface area contributed by atoms with Gasteiger partial charge in [-0.25, -0.2) is 16.8 Å². The molecule has 7 rings (SSSR count). The van der Waals surface area contributed by atoms with Crippen LogP contribution in [0.3, 0.4) is 0 Å². The van der Waals surface area contributed by atoms with Crippen LogP contribution in [-0.2, 0) is 43.4 Å². The summed E-state index contributed by atoms with van der Waals surface area (Å²) in [5.74, 6) is 0.888. The molecule has 64 heavy (non-hydrogen) atoms. The van der Waals surface area contributed by atoms with E-state index < -0.39 is 24.4 Å². The molecular weight excluding hydrogens is 865 g/mol. The van der Waals surface area contributed by atoms with Crippen LogP contribution in [0.15, 0.2) is 106 Å². The van der Waals surface area contributed by atoms with Crippen molar-refractivity contribution < 1.29 is 40.6 Å². The minimum Gasteiger partial charge on any atom is -0.378 e. The molecule has 0 spiro atoms. The zero-order chi connectivity index (χ0) is 48.6. The van der Waals surface area contributed by atoms with Crippen molar-refractivity contribution >= 4 is 37.7 Å². The van der Waals surface area contributed by atoms with Crippen molar-refractivity contribution in [1.29, 1.82) is 0 Å². The highest BCUT2D eigenvalue weighted by atomic mass is 32.2. The molecule has 8 atom stereocenters. The Bertz CT molecular complexity index is 1790. The Kier molecular flexibility index (Phi) is 33.3. The molecule has 0 N–H and O–H groups in total. The van der Waals surface area contributed by atoms with Gasteiger partial charge in [-0.15, -0.1) is 11.8 Å². The highest BCUT2D eigenvalue weighted by molar-refractivity contribution is 8.00. The Morgan fingerprint density at radius 3 is 1.42 bits per heavy atom. The number of rotatable bonds is 6. The molecule has 8 unspecified atom stereocenters. The lowest BCUT2D eigenvalue weighted by atomic mass is 9.97. The molecule has 0 radical (unpaired) electrons. The topological polar surface area (TPSA) is 122 Å². The molecule has 12 heteroatoms. The maximum atomic E-state index is 12.6. The first-order valence-electron chi connectivity index (χ1n) is 23.8. The SMILES string of the molecule is CC.CC.CC.CC1CC(C)(S(=O)(=O)c2ccccc2)CCO1.CC1CC(S(=O)(=O)c2ccccc2)CCO1.CC1CC(Sc2ccccc2)CCO1.CC1CCOC(C)C1.CC=O. The van der Waals surface area contributed by atoms with E-state index >= 15 is 0 Å². The second kappa shape index (κ2) is 34.7. The van der Waals surface area contributed by atoms with E-state index in [0.29, 0.717) is 60.9 Å². The number of aldehydes is 1. The lowest BCUT2D eigenvalue weighted by Crippen LogP contribution is -2.43. The quantitative estimate of drug-likeness (QED) is 0.221. The number of benzene rings is 3. The Morgan fingerprint density at radius 1 is 0.562 bits per heavy atom. The first kappa shape index (κ1) is 61.4.